The predicted molar refractivity (Wildman–Crippen MR) is 65.9 cm³/mol. The van der Waals surface area contributed by atoms with E-state index in [1.54, 1.807) is 0 Å². The van der Waals surface area contributed by atoms with Crippen LogP contribution in [0.25, 0.3) is 0 Å². The molecule has 0 saturated heterocycles. The van der Waals surface area contributed by atoms with Gasteiger partial charge in [-0.3, -0.25) is 0 Å². The molecule has 0 atom stereocenters. The van der Waals surface area contributed by atoms with E-state index in [9.17, 15) is 0 Å². The highest BCUT2D eigenvalue weighted by Crippen LogP contribution is 2.20. The maximum atomic E-state index is 5.62. The first-order valence-corrected chi connectivity index (χ1v) is 6.14. The van der Waals surface area contributed by atoms with Gasteiger partial charge in [0.25, 0.3) is 0 Å². The molecule has 0 bridgehead atoms. The lowest BCUT2D eigenvalue weighted by Gasteiger charge is -2.02. The molecule has 0 spiro atoms. The molecule has 0 aliphatic carbocycles. The Bertz CT molecular complexity index is 263. The Balaban J connectivity index is 2.72. The molecule has 0 saturated carbocycles. The number of hydrogen-bond donors (Lipinski definition) is 0. The van der Waals surface area contributed by atoms with E-state index in [2.05, 4.69) is 56.7 Å². The second kappa shape index (κ2) is 5.45. The summed E-state index contributed by atoms with van der Waals surface area (Å²) in [4.78, 5) is 0. The zero-order valence-electron chi connectivity index (χ0n) is 6.49. The van der Waals surface area contributed by atoms with E-state index >= 15 is 0 Å². The molecule has 0 nitrogen and oxygen atoms in total. The monoisotopic (exact) mass is 358 g/mol. The molecule has 0 fully saturated rings. The number of aryl methyl sites for hydroxylation is 1. The van der Waals surface area contributed by atoms with Gasteiger partial charge in [-0.05, 0) is 53.1 Å². The van der Waals surface area contributed by atoms with Crippen molar-refractivity contribution in [2.75, 3.05) is 5.88 Å². The van der Waals surface area contributed by atoms with Crippen molar-refractivity contribution in [3.8, 4) is 0 Å². The minimum absolute atomic E-state index is 0.735. The highest BCUT2D eigenvalue weighted by Gasteiger charge is 1.99. The van der Waals surface area contributed by atoms with Gasteiger partial charge in [0, 0.05) is 13.9 Å². The Hall–Kier alpha value is 0.720. The topological polar surface area (TPSA) is 0 Å². The summed E-state index contributed by atoms with van der Waals surface area (Å²) in [7, 11) is 0. The molecule has 0 heterocycles. The quantitative estimate of drug-likeness (QED) is 0.560. The third-order valence-electron chi connectivity index (χ3n) is 1.59. The van der Waals surface area contributed by atoms with Crippen LogP contribution in [0.4, 0.5) is 0 Å². The third kappa shape index (κ3) is 3.23. The highest BCUT2D eigenvalue weighted by molar-refractivity contribution is 14.1. The summed E-state index contributed by atoms with van der Waals surface area (Å²) in [6, 6.07) is 6.40. The molecule has 0 amide bonds. The summed E-state index contributed by atoms with van der Waals surface area (Å²) in [6.07, 6.45) is 2.10. The maximum absolute atomic E-state index is 5.62. The van der Waals surface area contributed by atoms with Crippen LogP contribution in [0.15, 0.2) is 22.7 Å². The van der Waals surface area contributed by atoms with Crippen molar-refractivity contribution in [3.63, 3.8) is 0 Å². The Morgan fingerprint density at radius 1 is 1.42 bits per heavy atom. The molecule has 0 aromatic heterocycles. The molecule has 0 radical (unpaired) electrons. The van der Waals surface area contributed by atoms with Crippen LogP contribution in [0, 0.1) is 3.57 Å². The van der Waals surface area contributed by atoms with Gasteiger partial charge in [-0.15, -0.1) is 11.6 Å². The van der Waals surface area contributed by atoms with Gasteiger partial charge in [-0.25, -0.2) is 0 Å². The summed E-state index contributed by atoms with van der Waals surface area (Å²) >= 11 is 11.5. The minimum atomic E-state index is 0.735. The van der Waals surface area contributed by atoms with Gasteiger partial charge in [-0.1, -0.05) is 22.0 Å². The summed E-state index contributed by atoms with van der Waals surface area (Å²) in [5.74, 6) is 0.735. The zero-order valence-corrected chi connectivity index (χ0v) is 11.0. The number of rotatable bonds is 3. The lowest BCUT2D eigenvalue weighted by atomic mass is 10.1. The number of halogens is 3. The van der Waals surface area contributed by atoms with Crippen LogP contribution in [-0.4, -0.2) is 5.88 Å². The SMILES string of the molecule is ClCCCc1ccc(I)cc1Br. The molecule has 12 heavy (non-hydrogen) atoms. The minimum Gasteiger partial charge on any atom is -0.127 e. The fraction of sp³-hybridized carbons (Fsp3) is 0.333. The Morgan fingerprint density at radius 2 is 2.17 bits per heavy atom. The van der Waals surface area contributed by atoms with Crippen LogP contribution >= 0.6 is 50.1 Å². The van der Waals surface area contributed by atoms with E-state index in [-0.39, 0.29) is 0 Å². The Labute approximate surface area is 100.0 Å². The Morgan fingerprint density at radius 3 is 2.75 bits per heavy atom. The molecule has 0 aliphatic heterocycles. The molecular formula is C9H9BrClI. The first-order chi connectivity index (χ1) is 5.74. The average Bonchev–Trinajstić information content (AvgIpc) is 2.03. The first-order valence-electron chi connectivity index (χ1n) is 3.74. The second-order valence-electron chi connectivity index (χ2n) is 2.53. The molecule has 0 unspecified atom stereocenters. The average molecular weight is 359 g/mol. The molecule has 0 aliphatic rings. The van der Waals surface area contributed by atoms with E-state index in [1.807, 2.05) is 0 Å². The summed E-state index contributed by atoms with van der Waals surface area (Å²) in [5, 5.41) is 0. The standard InChI is InChI=1S/C9H9BrClI/c10-9-6-8(12)4-3-7(9)2-1-5-11/h3-4,6H,1-2,5H2. The molecule has 1 aromatic carbocycles. The van der Waals surface area contributed by atoms with Crippen LogP contribution in [0.5, 0.6) is 0 Å². The smallest absolute Gasteiger partial charge is 0.0226 e. The van der Waals surface area contributed by atoms with E-state index in [4.69, 9.17) is 11.6 Å². The van der Waals surface area contributed by atoms with Gasteiger partial charge < -0.3 is 0 Å². The van der Waals surface area contributed by atoms with E-state index in [0.717, 1.165) is 18.7 Å². The van der Waals surface area contributed by atoms with Crippen molar-refractivity contribution in [1.29, 1.82) is 0 Å². The van der Waals surface area contributed by atoms with E-state index in [1.165, 1.54) is 13.6 Å². The van der Waals surface area contributed by atoms with Crippen LogP contribution in [-0.2, 0) is 6.42 Å². The molecule has 66 valence electrons. The highest BCUT2D eigenvalue weighted by atomic mass is 127. The number of alkyl halides is 1. The van der Waals surface area contributed by atoms with Crippen LogP contribution in [0.1, 0.15) is 12.0 Å². The van der Waals surface area contributed by atoms with Crippen molar-refractivity contribution in [2.24, 2.45) is 0 Å². The first kappa shape index (κ1) is 10.8. The zero-order chi connectivity index (χ0) is 8.97. The Kier molecular flexibility index (Phi) is 4.90. The van der Waals surface area contributed by atoms with Gasteiger partial charge in [0.05, 0.1) is 0 Å². The summed E-state index contributed by atoms with van der Waals surface area (Å²) in [5.41, 5.74) is 1.34. The van der Waals surface area contributed by atoms with Crippen molar-refractivity contribution in [3.05, 3.63) is 31.8 Å². The fourth-order valence-electron chi connectivity index (χ4n) is 0.982. The van der Waals surface area contributed by atoms with Gasteiger partial charge in [0.1, 0.15) is 0 Å². The van der Waals surface area contributed by atoms with Crippen molar-refractivity contribution in [2.45, 2.75) is 12.8 Å². The van der Waals surface area contributed by atoms with Crippen molar-refractivity contribution >= 4 is 50.1 Å². The van der Waals surface area contributed by atoms with E-state index < -0.39 is 0 Å². The van der Waals surface area contributed by atoms with Crippen molar-refractivity contribution in [1.82, 2.24) is 0 Å². The van der Waals surface area contributed by atoms with Crippen LogP contribution in [0.3, 0.4) is 0 Å². The largest absolute Gasteiger partial charge is 0.127 e. The van der Waals surface area contributed by atoms with E-state index in [0.29, 0.717) is 0 Å². The number of hydrogen-bond acceptors (Lipinski definition) is 0. The summed E-state index contributed by atoms with van der Waals surface area (Å²) in [6.45, 7) is 0. The normalized spacial score (nSPS) is 10.2. The van der Waals surface area contributed by atoms with Gasteiger partial charge in [0.15, 0.2) is 0 Å². The second-order valence-corrected chi connectivity index (χ2v) is 5.01. The molecule has 1 rings (SSSR count). The van der Waals surface area contributed by atoms with Crippen LogP contribution in [0.2, 0.25) is 0 Å². The number of benzene rings is 1. The van der Waals surface area contributed by atoms with Gasteiger partial charge >= 0.3 is 0 Å². The van der Waals surface area contributed by atoms with Crippen molar-refractivity contribution < 1.29 is 0 Å². The molecule has 0 N–H and O–H groups in total. The van der Waals surface area contributed by atoms with Crippen LogP contribution < -0.4 is 0 Å². The molecule has 3 heteroatoms. The van der Waals surface area contributed by atoms with Gasteiger partial charge in [0.2, 0.25) is 0 Å². The maximum Gasteiger partial charge on any atom is 0.0226 e. The predicted octanol–water partition coefficient (Wildman–Crippen LogP) is 4.23. The fourth-order valence-corrected chi connectivity index (χ4v) is 2.61. The molecular weight excluding hydrogens is 350 g/mol. The summed E-state index contributed by atoms with van der Waals surface area (Å²) < 4.78 is 2.45. The van der Waals surface area contributed by atoms with Gasteiger partial charge in [-0.2, -0.15) is 0 Å². The lowest BCUT2D eigenvalue weighted by molar-refractivity contribution is 0.923. The lowest BCUT2D eigenvalue weighted by Crippen LogP contribution is -1.88. The third-order valence-corrected chi connectivity index (χ3v) is 3.27. The molecule has 1 aromatic rings.